The van der Waals surface area contributed by atoms with Crippen molar-refractivity contribution in [2.75, 3.05) is 6.54 Å². The fourth-order valence-corrected chi connectivity index (χ4v) is 1.26. The maximum Gasteiger partial charge on any atom is 0.234 e. The van der Waals surface area contributed by atoms with Crippen molar-refractivity contribution in [2.45, 2.75) is 46.2 Å². The number of rotatable bonds is 4. The maximum absolute atomic E-state index is 11.3. The molecular weight excluding hydrogens is 164 g/mol. The van der Waals surface area contributed by atoms with Gasteiger partial charge in [0, 0.05) is 12.1 Å². The molecule has 1 amide bonds. The molecule has 1 saturated carbocycles. The highest BCUT2D eigenvalue weighted by Gasteiger charge is 2.46. The predicted molar refractivity (Wildman–Crippen MR) is 53.5 cm³/mol. The van der Waals surface area contributed by atoms with E-state index in [0.717, 1.165) is 6.42 Å². The summed E-state index contributed by atoms with van der Waals surface area (Å²) in [7, 11) is 0. The van der Waals surface area contributed by atoms with Gasteiger partial charge in [-0.15, -0.1) is 0 Å². The zero-order valence-corrected chi connectivity index (χ0v) is 8.98. The summed E-state index contributed by atoms with van der Waals surface area (Å²) in [6, 6.07) is 0.770. The van der Waals surface area contributed by atoms with Crippen LogP contribution >= 0.6 is 0 Å². The predicted octanol–water partition coefficient (Wildman–Crippen LogP) is 0.899. The molecule has 1 aliphatic rings. The van der Waals surface area contributed by atoms with Crippen molar-refractivity contribution in [3.05, 3.63) is 0 Å². The van der Waals surface area contributed by atoms with E-state index in [-0.39, 0.29) is 5.91 Å². The van der Waals surface area contributed by atoms with E-state index < -0.39 is 0 Å². The summed E-state index contributed by atoms with van der Waals surface area (Å²) in [5, 5.41) is 6.09. The molecule has 1 atom stereocenters. The van der Waals surface area contributed by atoms with Crippen LogP contribution in [-0.4, -0.2) is 24.5 Å². The second-order valence-electron chi connectivity index (χ2n) is 4.85. The molecule has 0 aromatic rings. The number of hydrogen-bond donors (Lipinski definition) is 2. The zero-order valence-electron chi connectivity index (χ0n) is 8.98. The Hall–Kier alpha value is -0.570. The molecule has 2 N–H and O–H groups in total. The van der Waals surface area contributed by atoms with Gasteiger partial charge < -0.3 is 10.6 Å². The summed E-state index contributed by atoms with van der Waals surface area (Å²) in [6.45, 7) is 8.86. The van der Waals surface area contributed by atoms with Gasteiger partial charge in [-0.25, -0.2) is 0 Å². The SMILES string of the molecule is CC(C)NCC(=O)NC1CC1(C)C. The Labute approximate surface area is 80.3 Å². The van der Waals surface area contributed by atoms with Crippen LogP contribution in [-0.2, 0) is 4.79 Å². The van der Waals surface area contributed by atoms with E-state index in [4.69, 9.17) is 0 Å². The summed E-state index contributed by atoms with van der Waals surface area (Å²) in [6.07, 6.45) is 1.11. The van der Waals surface area contributed by atoms with Gasteiger partial charge in [0.15, 0.2) is 0 Å². The third kappa shape index (κ3) is 3.35. The zero-order chi connectivity index (χ0) is 10.1. The molecule has 0 saturated heterocycles. The van der Waals surface area contributed by atoms with Crippen LogP contribution in [0.5, 0.6) is 0 Å². The van der Waals surface area contributed by atoms with E-state index in [1.165, 1.54) is 0 Å². The van der Waals surface area contributed by atoms with Crippen molar-refractivity contribution in [1.29, 1.82) is 0 Å². The lowest BCUT2D eigenvalue weighted by Gasteiger charge is -2.09. The Morgan fingerprint density at radius 2 is 2.08 bits per heavy atom. The lowest BCUT2D eigenvalue weighted by atomic mass is 10.2. The monoisotopic (exact) mass is 184 g/mol. The fraction of sp³-hybridized carbons (Fsp3) is 0.900. The van der Waals surface area contributed by atoms with Crippen molar-refractivity contribution in [3.63, 3.8) is 0 Å². The van der Waals surface area contributed by atoms with E-state index in [0.29, 0.717) is 24.0 Å². The minimum Gasteiger partial charge on any atom is -0.352 e. The van der Waals surface area contributed by atoms with Gasteiger partial charge >= 0.3 is 0 Å². The fourth-order valence-electron chi connectivity index (χ4n) is 1.26. The minimum atomic E-state index is 0.115. The molecule has 0 aromatic heterocycles. The highest BCUT2D eigenvalue weighted by Crippen LogP contribution is 2.44. The topological polar surface area (TPSA) is 41.1 Å². The Morgan fingerprint density at radius 1 is 1.54 bits per heavy atom. The highest BCUT2D eigenvalue weighted by atomic mass is 16.2. The summed E-state index contributed by atoms with van der Waals surface area (Å²) in [5.41, 5.74) is 0.327. The van der Waals surface area contributed by atoms with Crippen LogP contribution < -0.4 is 10.6 Å². The Bertz CT molecular complexity index is 199. The third-order valence-electron chi connectivity index (χ3n) is 2.52. The molecule has 13 heavy (non-hydrogen) atoms. The first-order chi connectivity index (χ1) is 5.92. The molecule has 1 rings (SSSR count). The minimum absolute atomic E-state index is 0.115. The number of carbonyl (C=O) groups is 1. The maximum atomic E-state index is 11.3. The van der Waals surface area contributed by atoms with Gasteiger partial charge in [-0.3, -0.25) is 4.79 Å². The Morgan fingerprint density at radius 3 is 2.46 bits per heavy atom. The van der Waals surface area contributed by atoms with Crippen LogP contribution in [0.1, 0.15) is 34.1 Å². The molecule has 0 aliphatic heterocycles. The molecule has 1 aliphatic carbocycles. The van der Waals surface area contributed by atoms with Gasteiger partial charge in [0.05, 0.1) is 6.54 Å². The van der Waals surface area contributed by atoms with E-state index in [9.17, 15) is 4.79 Å². The molecule has 0 spiro atoms. The Balaban J connectivity index is 2.13. The van der Waals surface area contributed by atoms with E-state index in [1.54, 1.807) is 0 Å². The van der Waals surface area contributed by atoms with Crippen LogP contribution in [0, 0.1) is 5.41 Å². The van der Waals surface area contributed by atoms with E-state index in [2.05, 4.69) is 24.5 Å². The molecule has 3 heteroatoms. The van der Waals surface area contributed by atoms with Crippen LogP contribution in [0.15, 0.2) is 0 Å². The third-order valence-corrected chi connectivity index (χ3v) is 2.52. The van der Waals surface area contributed by atoms with Gasteiger partial charge in [0.1, 0.15) is 0 Å². The number of amides is 1. The summed E-state index contributed by atoms with van der Waals surface area (Å²) < 4.78 is 0. The van der Waals surface area contributed by atoms with Gasteiger partial charge in [-0.05, 0) is 11.8 Å². The van der Waals surface area contributed by atoms with E-state index >= 15 is 0 Å². The van der Waals surface area contributed by atoms with Gasteiger partial charge in [-0.2, -0.15) is 0 Å². The number of carbonyl (C=O) groups excluding carboxylic acids is 1. The number of hydrogen-bond acceptors (Lipinski definition) is 2. The van der Waals surface area contributed by atoms with E-state index in [1.807, 2.05) is 13.8 Å². The normalized spacial score (nSPS) is 24.5. The molecule has 1 fully saturated rings. The first kappa shape index (κ1) is 10.5. The van der Waals surface area contributed by atoms with Crippen molar-refractivity contribution in [2.24, 2.45) is 5.41 Å². The second kappa shape index (κ2) is 3.66. The van der Waals surface area contributed by atoms with Gasteiger partial charge in [-0.1, -0.05) is 27.7 Å². The van der Waals surface area contributed by atoms with Crippen LogP contribution in [0.2, 0.25) is 0 Å². The molecule has 0 aromatic carbocycles. The lowest BCUT2D eigenvalue weighted by Crippen LogP contribution is -2.38. The van der Waals surface area contributed by atoms with Crippen LogP contribution in [0.3, 0.4) is 0 Å². The quantitative estimate of drug-likeness (QED) is 0.681. The van der Waals surface area contributed by atoms with Crippen molar-refractivity contribution in [3.8, 4) is 0 Å². The molecule has 0 bridgehead atoms. The molecule has 3 nitrogen and oxygen atoms in total. The van der Waals surface area contributed by atoms with Gasteiger partial charge in [0.2, 0.25) is 5.91 Å². The number of nitrogens with one attached hydrogen (secondary N) is 2. The summed E-state index contributed by atoms with van der Waals surface area (Å²) >= 11 is 0. The summed E-state index contributed by atoms with van der Waals surface area (Å²) in [4.78, 5) is 11.3. The molecule has 76 valence electrons. The largest absolute Gasteiger partial charge is 0.352 e. The first-order valence-electron chi connectivity index (χ1n) is 4.94. The van der Waals surface area contributed by atoms with Crippen LogP contribution in [0.25, 0.3) is 0 Å². The lowest BCUT2D eigenvalue weighted by molar-refractivity contribution is -0.120. The average molecular weight is 184 g/mol. The van der Waals surface area contributed by atoms with Crippen molar-refractivity contribution in [1.82, 2.24) is 10.6 Å². The van der Waals surface area contributed by atoms with Gasteiger partial charge in [0.25, 0.3) is 0 Å². The average Bonchev–Trinajstić information content (AvgIpc) is 2.54. The molecule has 0 heterocycles. The van der Waals surface area contributed by atoms with Crippen molar-refractivity contribution >= 4 is 5.91 Å². The van der Waals surface area contributed by atoms with Crippen molar-refractivity contribution < 1.29 is 4.79 Å². The molecular formula is C10H20N2O. The smallest absolute Gasteiger partial charge is 0.234 e. The molecule has 1 unspecified atom stereocenters. The first-order valence-corrected chi connectivity index (χ1v) is 4.94. The standard InChI is InChI=1S/C10H20N2O/c1-7(2)11-6-9(13)12-8-5-10(8,3)4/h7-8,11H,5-6H2,1-4H3,(H,12,13). The summed E-state index contributed by atoms with van der Waals surface area (Å²) in [5.74, 6) is 0.115. The Kier molecular flexibility index (Phi) is 2.96. The van der Waals surface area contributed by atoms with Crippen LogP contribution in [0.4, 0.5) is 0 Å². The molecule has 0 radical (unpaired) electrons. The highest BCUT2D eigenvalue weighted by molar-refractivity contribution is 5.78. The second-order valence-corrected chi connectivity index (χ2v) is 4.85.